The molecule has 2 rings (SSSR count). The fourth-order valence-electron chi connectivity index (χ4n) is 1.43. The van der Waals surface area contributed by atoms with Crippen LogP contribution in [0.5, 0.6) is 0 Å². The Bertz CT molecular complexity index is 362. The van der Waals surface area contributed by atoms with Crippen molar-refractivity contribution in [2.24, 2.45) is 0 Å². The van der Waals surface area contributed by atoms with E-state index in [0.717, 1.165) is 0 Å². The van der Waals surface area contributed by atoms with Crippen LogP contribution in [0.15, 0.2) is 60.7 Å². The van der Waals surface area contributed by atoms with Gasteiger partial charge >= 0.3 is 0 Å². The molecule has 0 atom stereocenters. The molecule has 0 saturated heterocycles. The second-order valence-electron chi connectivity index (χ2n) is 3.72. The molecule has 0 aliphatic carbocycles. The van der Waals surface area contributed by atoms with Crippen molar-refractivity contribution in [3.8, 4) is 11.1 Å². The van der Waals surface area contributed by atoms with Gasteiger partial charge in [0.25, 0.3) is 0 Å². The van der Waals surface area contributed by atoms with Crippen molar-refractivity contribution in [2.75, 3.05) is 27.4 Å². The number of methoxy groups -OCH3 is 2. The maximum atomic E-state index is 4.66. The molecule has 2 aromatic carbocycles. The Morgan fingerprint density at radius 2 is 0.947 bits per heavy atom. The third-order valence-corrected chi connectivity index (χ3v) is 2.37. The first-order valence-corrected chi connectivity index (χ1v) is 5.97. The maximum absolute atomic E-state index is 4.66. The Kier molecular flexibility index (Phi) is 12.0. The second kappa shape index (κ2) is 12.4. The maximum Gasteiger partial charge on any atom is 0.0696 e. The van der Waals surface area contributed by atoms with Crippen molar-refractivity contribution in [1.29, 1.82) is 0 Å². The molecule has 0 bridgehead atoms. The van der Waals surface area contributed by atoms with Gasteiger partial charge in [-0.05, 0) is 11.1 Å². The molecule has 1 radical (unpaired) electrons. The van der Waals surface area contributed by atoms with Crippen LogP contribution in [0.2, 0.25) is 0 Å². The van der Waals surface area contributed by atoms with Crippen LogP contribution in [-0.4, -0.2) is 57.0 Å². The molecule has 0 spiro atoms. The normalized spacial score (nSPS) is 8.95. The van der Waals surface area contributed by atoms with Gasteiger partial charge in [-0.1, -0.05) is 60.7 Å². The zero-order valence-electron chi connectivity index (χ0n) is 12.0. The zero-order valence-corrected chi connectivity index (χ0v) is 14.0. The Labute approximate surface area is 138 Å². The van der Waals surface area contributed by atoms with Gasteiger partial charge < -0.3 is 9.47 Å². The molecule has 19 heavy (non-hydrogen) atoms. The molecule has 0 amide bonds. The predicted octanol–water partition coefficient (Wildman–Crippen LogP) is 3.25. The van der Waals surface area contributed by atoms with Gasteiger partial charge in [-0.3, -0.25) is 0 Å². The van der Waals surface area contributed by atoms with Gasteiger partial charge in [-0.2, -0.15) is 0 Å². The van der Waals surface area contributed by atoms with E-state index in [1.165, 1.54) is 11.1 Å². The van der Waals surface area contributed by atoms with E-state index in [-0.39, 0.29) is 29.6 Å². The van der Waals surface area contributed by atoms with Crippen LogP contribution in [0, 0.1) is 0 Å². The third kappa shape index (κ3) is 8.19. The minimum Gasteiger partial charge on any atom is -0.382 e. The molecular weight excluding hydrogens is 247 g/mol. The van der Waals surface area contributed by atoms with Crippen LogP contribution in [0.25, 0.3) is 11.1 Å². The summed E-state index contributed by atoms with van der Waals surface area (Å²) in [7, 11) is 3.30. The topological polar surface area (TPSA) is 18.5 Å². The molecular formula is C16H20NaO2. The van der Waals surface area contributed by atoms with Gasteiger partial charge in [0.05, 0.1) is 13.2 Å². The van der Waals surface area contributed by atoms with Gasteiger partial charge in [0.15, 0.2) is 0 Å². The molecule has 0 unspecified atom stereocenters. The van der Waals surface area contributed by atoms with Gasteiger partial charge in [-0.25, -0.2) is 0 Å². The van der Waals surface area contributed by atoms with Gasteiger partial charge in [0, 0.05) is 43.8 Å². The van der Waals surface area contributed by atoms with Crippen molar-refractivity contribution in [3.63, 3.8) is 0 Å². The SMILES string of the molecule is COCCOC.[Na].c1ccc(-c2ccccc2)cc1. The predicted molar refractivity (Wildman–Crippen MR) is 81.4 cm³/mol. The van der Waals surface area contributed by atoms with E-state index >= 15 is 0 Å². The molecule has 0 saturated carbocycles. The summed E-state index contributed by atoms with van der Waals surface area (Å²) < 4.78 is 9.31. The van der Waals surface area contributed by atoms with E-state index in [1.807, 2.05) is 12.1 Å². The summed E-state index contributed by atoms with van der Waals surface area (Å²) in [5.41, 5.74) is 2.55. The van der Waals surface area contributed by atoms with E-state index in [9.17, 15) is 0 Å². The summed E-state index contributed by atoms with van der Waals surface area (Å²) in [6, 6.07) is 20.8. The third-order valence-electron chi connectivity index (χ3n) is 2.37. The molecule has 0 heterocycles. The molecule has 0 aromatic heterocycles. The quantitative estimate of drug-likeness (QED) is 0.625. The molecule has 0 aliphatic heterocycles. The van der Waals surface area contributed by atoms with Crippen LogP contribution in [-0.2, 0) is 9.47 Å². The minimum absolute atomic E-state index is 0. The molecule has 97 valence electrons. The van der Waals surface area contributed by atoms with E-state index in [0.29, 0.717) is 13.2 Å². The fourth-order valence-corrected chi connectivity index (χ4v) is 1.43. The summed E-state index contributed by atoms with van der Waals surface area (Å²) in [5.74, 6) is 0. The summed E-state index contributed by atoms with van der Waals surface area (Å²) >= 11 is 0. The molecule has 0 fully saturated rings. The summed E-state index contributed by atoms with van der Waals surface area (Å²) in [6.07, 6.45) is 0. The first-order valence-electron chi connectivity index (χ1n) is 5.97. The van der Waals surface area contributed by atoms with Crippen LogP contribution in [0.3, 0.4) is 0 Å². The standard InChI is InChI=1S/C12H10.C4H10O2.Na/c1-3-7-11(8-4-1)12-9-5-2-6-10-12;1-5-3-4-6-2;/h1-10H;3-4H2,1-2H3;. The summed E-state index contributed by atoms with van der Waals surface area (Å²) in [6.45, 7) is 1.38. The molecule has 0 aliphatic rings. The Morgan fingerprint density at radius 3 is 1.21 bits per heavy atom. The number of ether oxygens (including phenoxy) is 2. The number of rotatable bonds is 4. The monoisotopic (exact) mass is 267 g/mol. The average molecular weight is 267 g/mol. The fraction of sp³-hybridized carbons (Fsp3) is 0.250. The van der Waals surface area contributed by atoms with Gasteiger partial charge in [0.1, 0.15) is 0 Å². The van der Waals surface area contributed by atoms with Gasteiger partial charge in [0.2, 0.25) is 0 Å². The van der Waals surface area contributed by atoms with E-state index < -0.39 is 0 Å². The van der Waals surface area contributed by atoms with E-state index in [1.54, 1.807) is 14.2 Å². The van der Waals surface area contributed by atoms with Gasteiger partial charge in [-0.15, -0.1) is 0 Å². The average Bonchev–Trinajstić information content (AvgIpc) is 2.48. The number of hydrogen-bond acceptors (Lipinski definition) is 2. The van der Waals surface area contributed by atoms with Crippen molar-refractivity contribution < 1.29 is 9.47 Å². The van der Waals surface area contributed by atoms with Crippen molar-refractivity contribution in [3.05, 3.63) is 60.7 Å². The van der Waals surface area contributed by atoms with E-state index in [4.69, 9.17) is 0 Å². The smallest absolute Gasteiger partial charge is 0.0696 e. The van der Waals surface area contributed by atoms with Crippen molar-refractivity contribution in [2.45, 2.75) is 0 Å². The van der Waals surface area contributed by atoms with Crippen molar-refractivity contribution in [1.82, 2.24) is 0 Å². The van der Waals surface area contributed by atoms with Crippen LogP contribution in [0.4, 0.5) is 0 Å². The Morgan fingerprint density at radius 1 is 0.632 bits per heavy atom. The van der Waals surface area contributed by atoms with Crippen molar-refractivity contribution >= 4 is 29.6 Å². The summed E-state index contributed by atoms with van der Waals surface area (Å²) in [5, 5.41) is 0. The molecule has 2 nitrogen and oxygen atoms in total. The summed E-state index contributed by atoms with van der Waals surface area (Å²) in [4.78, 5) is 0. The molecule has 0 N–H and O–H groups in total. The molecule has 3 heteroatoms. The first kappa shape index (κ1) is 18.4. The second-order valence-corrected chi connectivity index (χ2v) is 3.72. The zero-order chi connectivity index (χ0) is 13.1. The van der Waals surface area contributed by atoms with Crippen LogP contribution >= 0.6 is 0 Å². The number of benzene rings is 2. The number of hydrogen-bond donors (Lipinski definition) is 0. The molecule has 2 aromatic rings. The minimum atomic E-state index is 0. The van der Waals surface area contributed by atoms with E-state index in [2.05, 4.69) is 58.0 Å². The van der Waals surface area contributed by atoms with Crippen LogP contribution < -0.4 is 0 Å². The van der Waals surface area contributed by atoms with Crippen LogP contribution in [0.1, 0.15) is 0 Å². The largest absolute Gasteiger partial charge is 0.382 e. The Balaban J connectivity index is 0.000000404. The first-order chi connectivity index (χ1) is 8.88. The Hall–Kier alpha value is -0.640.